The van der Waals surface area contributed by atoms with Gasteiger partial charge in [-0.3, -0.25) is 0 Å². The lowest BCUT2D eigenvalue weighted by atomic mass is 9.99. The van der Waals surface area contributed by atoms with Crippen LogP contribution in [0.1, 0.15) is 31.4 Å². The molecule has 3 rings (SSSR count). The smallest absolute Gasteiger partial charge is 0.230 e. The minimum atomic E-state index is 0.337. The van der Waals surface area contributed by atoms with Crippen molar-refractivity contribution < 1.29 is 9.26 Å². The predicted molar refractivity (Wildman–Crippen MR) is 86.0 cm³/mol. The summed E-state index contributed by atoms with van der Waals surface area (Å²) < 4.78 is 12.0. The first-order valence-electron chi connectivity index (χ1n) is 7.36. The molecule has 0 spiro atoms. The highest BCUT2D eigenvalue weighted by molar-refractivity contribution is 9.10. The predicted octanol–water partition coefficient (Wildman–Crippen LogP) is 4.19. The summed E-state index contributed by atoms with van der Waals surface area (Å²) in [6.45, 7) is 0.878. The highest BCUT2D eigenvalue weighted by Crippen LogP contribution is 2.35. The molecule has 2 aromatic rings. The van der Waals surface area contributed by atoms with Gasteiger partial charge in [0.2, 0.25) is 5.88 Å². The van der Waals surface area contributed by atoms with E-state index in [1.54, 1.807) is 0 Å². The second-order valence-electron chi connectivity index (χ2n) is 5.38. The zero-order valence-electron chi connectivity index (χ0n) is 11.8. The van der Waals surface area contributed by atoms with Crippen molar-refractivity contribution in [3.05, 3.63) is 34.4 Å². The van der Waals surface area contributed by atoms with Gasteiger partial charge in [0.15, 0.2) is 0 Å². The summed E-state index contributed by atoms with van der Waals surface area (Å²) >= 11 is 3.56. The number of nitrogens with two attached hydrogens (primary N) is 1. The van der Waals surface area contributed by atoms with E-state index in [-0.39, 0.29) is 0 Å². The first-order valence-corrected chi connectivity index (χ1v) is 8.15. The van der Waals surface area contributed by atoms with E-state index in [1.807, 2.05) is 24.3 Å². The second kappa shape index (κ2) is 6.62. The number of nitrogens with zero attached hydrogens (tertiary/aromatic N) is 1. The third-order valence-electron chi connectivity index (χ3n) is 3.91. The van der Waals surface area contributed by atoms with Gasteiger partial charge in [0, 0.05) is 16.6 Å². The molecule has 0 radical (unpaired) electrons. The topological polar surface area (TPSA) is 61.3 Å². The summed E-state index contributed by atoms with van der Waals surface area (Å²) in [5, 5.41) is 4.14. The first kappa shape index (κ1) is 14.6. The van der Waals surface area contributed by atoms with Crippen molar-refractivity contribution in [1.82, 2.24) is 5.16 Å². The van der Waals surface area contributed by atoms with Crippen molar-refractivity contribution in [2.24, 2.45) is 0 Å². The van der Waals surface area contributed by atoms with Crippen molar-refractivity contribution in [1.29, 1.82) is 0 Å². The number of anilines is 1. The second-order valence-corrected chi connectivity index (χ2v) is 6.23. The number of rotatable bonds is 4. The summed E-state index contributed by atoms with van der Waals surface area (Å²) in [5.41, 5.74) is 8.81. The molecule has 1 aliphatic heterocycles. The van der Waals surface area contributed by atoms with E-state index in [2.05, 4.69) is 21.1 Å². The van der Waals surface area contributed by atoms with Crippen molar-refractivity contribution in [2.75, 3.05) is 12.3 Å². The van der Waals surface area contributed by atoms with Crippen molar-refractivity contribution >= 4 is 21.8 Å². The Labute approximate surface area is 132 Å². The van der Waals surface area contributed by atoms with E-state index < -0.39 is 0 Å². The molecule has 2 N–H and O–H groups in total. The highest BCUT2D eigenvalue weighted by Gasteiger charge is 2.20. The van der Waals surface area contributed by atoms with Crippen LogP contribution in [-0.4, -0.2) is 17.9 Å². The maximum Gasteiger partial charge on any atom is 0.230 e. The van der Waals surface area contributed by atoms with Crippen LogP contribution >= 0.6 is 15.9 Å². The van der Waals surface area contributed by atoms with Crippen LogP contribution in [0.15, 0.2) is 33.3 Å². The van der Waals surface area contributed by atoms with Crippen LogP contribution in [0.2, 0.25) is 0 Å². The Morgan fingerprint density at radius 3 is 2.90 bits per heavy atom. The zero-order valence-corrected chi connectivity index (χ0v) is 13.4. The third kappa shape index (κ3) is 3.30. The van der Waals surface area contributed by atoms with Crippen LogP contribution in [0.5, 0.6) is 0 Å². The fraction of sp³-hybridized carbons (Fsp3) is 0.438. The van der Waals surface area contributed by atoms with E-state index >= 15 is 0 Å². The molecule has 1 aliphatic rings. The van der Waals surface area contributed by atoms with Crippen LogP contribution < -0.4 is 5.73 Å². The SMILES string of the molecule is Nc1onc(CCC2CCCCO2)c1-c1ccccc1Br. The molecular weight excluding hydrogens is 332 g/mol. The Morgan fingerprint density at radius 2 is 2.14 bits per heavy atom. The number of benzene rings is 1. The largest absolute Gasteiger partial charge is 0.378 e. The molecule has 1 aromatic heterocycles. The van der Waals surface area contributed by atoms with Crippen LogP contribution in [0.3, 0.4) is 0 Å². The zero-order chi connectivity index (χ0) is 14.7. The minimum absolute atomic E-state index is 0.337. The first-order chi connectivity index (χ1) is 10.3. The van der Waals surface area contributed by atoms with E-state index in [4.69, 9.17) is 15.0 Å². The van der Waals surface area contributed by atoms with Gasteiger partial charge in [-0.25, -0.2) is 0 Å². The van der Waals surface area contributed by atoms with Gasteiger partial charge in [0.05, 0.1) is 17.4 Å². The Balaban J connectivity index is 1.79. The van der Waals surface area contributed by atoms with Gasteiger partial charge in [-0.05, 0) is 38.2 Å². The van der Waals surface area contributed by atoms with E-state index in [9.17, 15) is 0 Å². The molecule has 1 aromatic carbocycles. The van der Waals surface area contributed by atoms with Gasteiger partial charge >= 0.3 is 0 Å². The number of hydrogen-bond acceptors (Lipinski definition) is 4. The lowest BCUT2D eigenvalue weighted by Gasteiger charge is -2.22. The maximum absolute atomic E-state index is 5.97. The number of aryl methyl sites for hydroxylation is 1. The number of aromatic nitrogens is 1. The molecule has 0 bridgehead atoms. The van der Waals surface area contributed by atoms with Crippen LogP contribution in [0, 0.1) is 0 Å². The molecule has 5 heteroatoms. The standard InChI is InChI=1S/C16H19BrN2O2/c17-13-7-2-1-6-12(13)15-14(19-21-16(15)18)9-8-11-5-3-4-10-20-11/h1-2,6-7,11H,3-5,8-10,18H2. The summed E-state index contributed by atoms with van der Waals surface area (Å²) in [6.07, 6.45) is 5.69. The minimum Gasteiger partial charge on any atom is -0.378 e. The average Bonchev–Trinajstić information content (AvgIpc) is 2.88. The number of nitrogen functional groups attached to an aromatic ring is 1. The van der Waals surface area contributed by atoms with E-state index in [0.29, 0.717) is 12.0 Å². The molecule has 1 unspecified atom stereocenters. The molecule has 1 fully saturated rings. The Kier molecular flexibility index (Phi) is 4.60. The lowest BCUT2D eigenvalue weighted by molar-refractivity contribution is 0.0113. The summed E-state index contributed by atoms with van der Waals surface area (Å²) in [4.78, 5) is 0. The molecule has 112 valence electrons. The van der Waals surface area contributed by atoms with Crippen molar-refractivity contribution in [3.63, 3.8) is 0 Å². The molecular formula is C16H19BrN2O2. The Morgan fingerprint density at radius 1 is 1.29 bits per heavy atom. The van der Waals surface area contributed by atoms with Crippen LogP contribution in [-0.2, 0) is 11.2 Å². The summed E-state index contributed by atoms with van der Waals surface area (Å²) in [7, 11) is 0. The fourth-order valence-corrected chi connectivity index (χ4v) is 3.28. The molecule has 1 atom stereocenters. The van der Waals surface area contributed by atoms with Gasteiger partial charge in [-0.15, -0.1) is 0 Å². The monoisotopic (exact) mass is 350 g/mol. The summed E-state index contributed by atoms with van der Waals surface area (Å²) in [6, 6.07) is 7.98. The summed E-state index contributed by atoms with van der Waals surface area (Å²) in [5.74, 6) is 0.376. The van der Waals surface area contributed by atoms with Gasteiger partial charge in [0.1, 0.15) is 0 Å². The van der Waals surface area contributed by atoms with Gasteiger partial charge in [0.25, 0.3) is 0 Å². The number of ether oxygens (including phenoxy) is 1. The maximum atomic E-state index is 5.97. The Bertz CT molecular complexity index is 606. The third-order valence-corrected chi connectivity index (χ3v) is 4.60. The molecule has 0 aliphatic carbocycles. The van der Waals surface area contributed by atoms with Gasteiger partial charge < -0.3 is 15.0 Å². The van der Waals surface area contributed by atoms with Crippen LogP contribution in [0.4, 0.5) is 5.88 Å². The molecule has 4 nitrogen and oxygen atoms in total. The molecule has 1 saturated heterocycles. The number of halogens is 1. The average molecular weight is 351 g/mol. The van der Waals surface area contributed by atoms with Gasteiger partial charge in [-0.1, -0.05) is 39.3 Å². The van der Waals surface area contributed by atoms with E-state index in [1.165, 1.54) is 12.8 Å². The fourth-order valence-electron chi connectivity index (χ4n) is 2.79. The normalized spacial score (nSPS) is 18.8. The van der Waals surface area contributed by atoms with Crippen LogP contribution in [0.25, 0.3) is 11.1 Å². The van der Waals surface area contributed by atoms with Gasteiger partial charge in [-0.2, -0.15) is 0 Å². The molecule has 0 amide bonds. The molecule has 21 heavy (non-hydrogen) atoms. The van der Waals surface area contributed by atoms with Crippen molar-refractivity contribution in [2.45, 2.75) is 38.2 Å². The molecule has 2 heterocycles. The number of hydrogen-bond donors (Lipinski definition) is 1. The Hall–Kier alpha value is -1.33. The lowest BCUT2D eigenvalue weighted by Crippen LogP contribution is -2.19. The quantitative estimate of drug-likeness (QED) is 0.897. The highest BCUT2D eigenvalue weighted by atomic mass is 79.9. The van der Waals surface area contributed by atoms with E-state index in [0.717, 1.165) is 47.2 Å². The molecule has 0 saturated carbocycles. The van der Waals surface area contributed by atoms with Crippen molar-refractivity contribution in [3.8, 4) is 11.1 Å².